The van der Waals surface area contributed by atoms with Gasteiger partial charge in [-0.25, -0.2) is 0 Å². The Morgan fingerprint density at radius 2 is 2.00 bits per heavy atom. The first kappa shape index (κ1) is 16.9. The number of nitrogens with one attached hydrogen (secondary N) is 1. The first-order valence-electron chi connectivity index (χ1n) is 7.43. The molecule has 1 N–H and O–H groups in total. The van der Waals surface area contributed by atoms with Crippen molar-refractivity contribution in [2.24, 2.45) is 0 Å². The van der Waals surface area contributed by atoms with E-state index >= 15 is 0 Å². The van der Waals surface area contributed by atoms with Gasteiger partial charge in [0.15, 0.2) is 0 Å². The predicted octanol–water partition coefficient (Wildman–Crippen LogP) is 4.21. The molecule has 0 aliphatic carbocycles. The Morgan fingerprint density at radius 3 is 2.79 bits per heavy atom. The summed E-state index contributed by atoms with van der Waals surface area (Å²) in [6.07, 6.45) is 1.97. The summed E-state index contributed by atoms with van der Waals surface area (Å²) in [5.74, 6) is 1.15. The molecule has 0 aliphatic rings. The molecule has 0 bridgehead atoms. The fourth-order valence-corrected chi connectivity index (χ4v) is 3.25. The third kappa shape index (κ3) is 4.10. The summed E-state index contributed by atoms with van der Waals surface area (Å²) in [7, 11) is 0. The quantitative estimate of drug-likeness (QED) is 0.665. The fraction of sp³-hybridized carbons (Fsp3) is 0.235. The van der Waals surface area contributed by atoms with E-state index in [-0.39, 0.29) is 11.2 Å². The van der Waals surface area contributed by atoms with Crippen molar-refractivity contribution in [1.82, 2.24) is 10.2 Å². The van der Waals surface area contributed by atoms with Gasteiger partial charge in [-0.3, -0.25) is 4.79 Å². The number of carbonyl (C=O) groups is 1. The van der Waals surface area contributed by atoms with Gasteiger partial charge in [0.05, 0.1) is 11.0 Å². The average Bonchev–Trinajstić information content (AvgIpc) is 3.02. The van der Waals surface area contributed by atoms with Gasteiger partial charge in [0, 0.05) is 5.69 Å². The Labute approximate surface area is 148 Å². The lowest BCUT2D eigenvalue weighted by atomic mass is 10.1. The molecule has 0 radical (unpaired) electrons. The van der Waals surface area contributed by atoms with Crippen molar-refractivity contribution in [2.75, 3.05) is 11.6 Å². The highest BCUT2D eigenvalue weighted by atomic mass is 32.2. The van der Waals surface area contributed by atoms with Gasteiger partial charge in [0.2, 0.25) is 11.8 Å². The van der Waals surface area contributed by atoms with Crippen molar-refractivity contribution in [1.29, 1.82) is 0 Å². The zero-order valence-electron chi connectivity index (χ0n) is 13.4. The normalized spacial score (nSPS) is 12.2. The summed E-state index contributed by atoms with van der Waals surface area (Å²) in [4.78, 5) is 12.4. The van der Waals surface area contributed by atoms with Gasteiger partial charge < -0.3 is 9.73 Å². The predicted molar refractivity (Wildman–Crippen MR) is 99.4 cm³/mol. The zero-order chi connectivity index (χ0) is 16.9. The molecule has 1 amide bonds. The van der Waals surface area contributed by atoms with Crippen molar-refractivity contribution < 1.29 is 9.21 Å². The molecule has 0 spiro atoms. The molecule has 0 saturated carbocycles. The van der Waals surface area contributed by atoms with Crippen LogP contribution in [0.25, 0.3) is 10.8 Å². The number of thioether (sulfide) groups is 2. The van der Waals surface area contributed by atoms with Crippen molar-refractivity contribution in [3.05, 3.63) is 48.4 Å². The number of hydrogen-bond acceptors (Lipinski definition) is 6. The van der Waals surface area contributed by atoms with Crippen LogP contribution in [0.5, 0.6) is 0 Å². The maximum Gasteiger partial charge on any atom is 0.277 e. The van der Waals surface area contributed by atoms with E-state index in [1.807, 2.05) is 55.6 Å². The molecule has 0 saturated heterocycles. The van der Waals surface area contributed by atoms with E-state index in [1.165, 1.54) is 11.8 Å². The molecule has 124 valence electrons. The van der Waals surface area contributed by atoms with Crippen LogP contribution in [-0.2, 0) is 10.5 Å². The minimum absolute atomic E-state index is 0.0973. The largest absolute Gasteiger partial charge is 0.415 e. The van der Waals surface area contributed by atoms with Gasteiger partial charge >= 0.3 is 0 Å². The van der Waals surface area contributed by atoms with E-state index in [1.54, 1.807) is 11.8 Å². The fourth-order valence-electron chi connectivity index (χ4n) is 2.18. The Balaban J connectivity index is 1.64. The van der Waals surface area contributed by atoms with Crippen molar-refractivity contribution in [3.63, 3.8) is 0 Å². The number of aromatic nitrogens is 2. The topological polar surface area (TPSA) is 68.0 Å². The molecule has 0 fully saturated rings. The maximum absolute atomic E-state index is 12.4. The van der Waals surface area contributed by atoms with Crippen molar-refractivity contribution >= 4 is 45.9 Å². The average molecular weight is 359 g/mol. The Bertz CT molecular complexity index is 850. The van der Waals surface area contributed by atoms with Crippen LogP contribution in [0.2, 0.25) is 0 Å². The summed E-state index contributed by atoms with van der Waals surface area (Å²) in [6.45, 7) is 1.82. The highest BCUT2D eigenvalue weighted by Crippen LogP contribution is 2.25. The van der Waals surface area contributed by atoms with Crippen LogP contribution in [0.1, 0.15) is 12.8 Å². The molecular weight excluding hydrogens is 342 g/mol. The summed E-state index contributed by atoms with van der Waals surface area (Å²) < 4.78 is 5.49. The molecule has 3 aromatic rings. The molecule has 5 nitrogen and oxygen atoms in total. The molecule has 1 heterocycles. The number of anilines is 1. The number of carbonyl (C=O) groups excluding carboxylic acids is 1. The number of fused-ring (bicyclic) bond motifs is 1. The monoisotopic (exact) mass is 359 g/mol. The van der Waals surface area contributed by atoms with E-state index in [9.17, 15) is 4.79 Å². The maximum atomic E-state index is 12.4. The van der Waals surface area contributed by atoms with Crippen molar-refractivity contribution in [3.8, 4) is 0 Å². The second kappa shape index (κ2) is 7.72. The standard InChI is InChI=1S/C17H17N3O2S2/c1-11(24-17-20-19-15(22-17)10-23-2)16(21)18-14-8-7-12-5-3-4-6-13(12)9-14/h3-9,11H,10H2,1-2H3,(H,18,21). The molecule has 1 unspecified atom stereocenters. The lowest BCUT2D eigenvalue weighted by molar-refractivity contribution is -0.115. The van der Waals surface area contributed by atoms with E-state index in [2.05, 4.69) is 15.5 Å². The van der Waals surface area contributed by atoms with Crippen LogP contribution in [0, 0.1) is 0 Å². The van der Waals surface area contributed by atoms with Gasteiger partial charge in [0.25, 0.3) is 5.22 Å². The van der Waals surface area contributed by atoms with Gasteiger partial charge in [-0.1, -0.05) is 42.1 Å². The number of amides is 1. The lowest BCUT2D eigenvalue weighted by Crippen LogP contribution is -2.22. The minimum atomic E-state index is -0.334. The van der Waals surface area contributed by atoms with Crippen molar-refractivity contribution in [2.45, 2.75) is 23.1 Å². The van der Waals surface area contributed by atoms with E-state index in [4.69, 9.17) is 4.42 Å². The second-order valence-corrected chi connectivity index (χ2v) is 7.36. The first-order valence-corrected chi connectivity index (χ1v) is 9.70. The van der Waals surface area contributed by atoms with Crippen LogP contribution in [0.3, 0.4) is 0 Å². The minimum Gasteiger partial charge on any atom is -0.415 e. The van der Waals surface area contributed by atoms with Gasteiger partial charge in [-0.05, 0) is 36.1 Å². The lowest BCUT2D eigenvalue weighted by Gasteiger charge is -2.10. The molecule has 0 aliphatic heterocycles. The first-order chi connectivity index (χ1) is 11.7. The molecule has 1 aromatic heterocycles. The molecule has 24 heavy (non-hydrogen) atoms. The third-order valence-corrected chi connectivity index (χ3v) is 4.85. The summed E-state index contributed by atoms with van der Waals surface area (Å²) in [5, 5.41) is 13.2. The van der Waals surface area contributed by atoms with Gasteiger partial charge in [-0.2, -0.15) is 11.8 Å². The van der Waals surface area contributed by atoms with Crippen LogP contribution in [-0.4, -0.2) is 27.6 Å². The summed E-state index contributed by atoms with van der Waals surface area (Å²) >= 11 is 2.87. The number of hydrogen-bond donors (Lipinski definition) is 1. The Morgan fingerprint density at radius 1 is 1.21 bits per heavy atom. The van der Waals surface area contributed by atoms with Gasteiger partial charge in [-0.15, -0.1) is 10.2 Å². The molecule has 2 aromatic carbocycles. The SMILES string of the molecule is CSCc1nnc(SC(C)C(=O)Nc2ccc3ccccc3c2)o1. The molecule has 7 heteroatoms. The smallest absolute Gasteiger partial charge is 0.277 e. The summed E-state index contributed by atoms with van der Waals surface area (Å²) in [5.41, 5.74) is 0.778. The van der Waals surface area contributed by atoms with Crippen LogP contribution >= 0.6 is 23.5 Å². The molecule has 1 atom stereocenters. The molecular formula is C17H17N3O2S2. The summed E-state index contributed by atoms with van der Waals surface area (Å²) in [6, 6.07) is 13.9. The van der Waals surface area contributed by atoms with Crippen LogP contribution in [0.4, 0.5) is 5.69 Å². The van der Waals surface area contributed by atoms with Crippen LogP contribution in [0.15, 0.2) is 52.1 Å². The molecule has 3 rings (SSSR count). The second-order valence-electron chi connectivity index (χ2n) is 5.21. The Kier molecular flexibility index (Phi) is 5.42. The highest BCUT2D eigenvalue weighted by molar-refractivity contribution is 8.00. The number of nitrogens with zero attached hydrogens (tertiary/aromatic N) is 2. The van der Waals surface area contributed by atoms with Gasteiger partial charge in [0.1, 0.15) is 0 Å². The Hall–Kier alpha value is -1.99. The van der Waals surface area contributed by atoms with Crippen LogP contribution < -0.4 is 5.32 Å². The third-order valence-electron chi connectivity index (χ3n) is 3.38. The number of rotatable bonds is 6. The highest BCUT2D eigenvalue weighted by Gasteiger charge is 2.18. The van der Waals surface area contributed by atoms with E-state index in [0.717, 1.165) is 16.5 Å². The number of benzene rings is 2. The van der Waals surface area contributed by atoms with E-state index in [0.29, 0.717) is 16.9 Å². The zero-order valence-corrected chi connectivity index (χ0v) is 15.0. The van der Waals surface area contributed by atoms with E-state index < -0.39 is 0 Å².